The zero-order chi connectivity index (χ0) is 23.5. The molecule has 3 heterocycles. The number of fused-ring (bicyclic) bond motifs is 1. The van der Waals surface area contributed by atoms with Gasteiger partial charge in [0, 0.05) is 24.4 Å². The Morgan fingerprint density at radius 1 is 1.21 bits per heavy atom. The number of hydrogen-bond acceptors (Lipinski definition) is 5. The number of aromatic nitrogens is 4. The Hall–Kier alpha value is -4.25. The van der Waals surface area contributed by atoms with Gasteiger partial charge in [-0.1, -0.05) is 24.1 Å². The first kappa shape index (κ1) is 21.6. The molecule has 8 heteroatoms. The van der Waals surface area contributed by atoms with Crippen LogP contribution in [-0.2, 0) is 11.3 Å². The highest BCUT2D eigenvalue weighted by molar-refractivity contribution is 5.94. The van der Waals surface area contributed by atoms with Crippen molar-refractivity contribution in [3.05, 3.63) is 66.9 Å². The average Bonchev–Trinajstić information content (AvgIpc) is 3.46. The molecule has 4 aromatic rings. The summed E-state index contributed by atoms with van der Waals surface area (Å²) in [7, 11) is 0. The van der Waals surface area contributed by atoms with Crippen molar-refractivity contribution < 1.29 is 13.9 Å². The van der Waals surface area contributed by atoms with Gasteiger partial charge in [-0.25, -0.2) is 19.0 Å². The van der Waals surface area contributed by atoms with Crippen LogP contribution in [-0.4, -0.2) is 43.1 Å². The second-order valence-corrected chi connectivity index (χ2v) is 8.02. The summed E-state index contributed by atoms with van der Waals surface area (Å²) < 4.78 is 22.7. The standard InChI is InChI=1S/C26H22FN5O2/c1-2-7-24(33)31-13-6-8-18(31)16-32-26-22(15-28-17-29-26)25(30-32)21-12-11-20(14-23(21)27)34-19-9-4-3-5-10-19/h3-5,9-12,14-15,17-18H,6,8,13,16H2,1H3/t18-/m1/s1. The topological polar surface area (TPSA) is 73.1 Å². The molecule has 0 radical (unpaired) electrons. The predicted molar refractivity (Wildman–Crippen MR) is 125 cm³/mol. The van der Waals surface area contributed by atoms with Crippen molar-refractivity contribution in [1.82, 2.24) is 24.6 Å². The number of hydrogen-bond donors (Lipinski definition) is 0. The van der Waals surface area contributed by atoms with Gasteiger partial charge >= 0.3 is 0 Å². The number of rotatable bonds is 5. The van der Waals surface area contributed by atoms with Gasteiger partial charge in [0.15, 0.2) is 5.65 Å². The Bertz CT molecular complexity index is 1410. The van der Waals surface area contributed by atoms with Gasteiger partial charge in [-0.15, -0.1) is 0 Å². The third kappa shape index (κ3) is 4.20. The highest BCUT2D eigenvalue weighted by Crippen LogP contribution is 2.32. The van der Waals surface area contributed by atoms with Crippen LogP contribution in [0.25, 0.3) is 22.3 Å². The van der Waals surface area contributed by atoms with Crippen molar-refractivity contribution in [3.63, 3.8) is 0 Å². The van der Waals surface area contributed by atoms with E-state index >= 15 is 4.39 Å². The molecule has 0 unspecified atom stereocenters. The molecule has 0 aliphatic carbocycles. The van der Waals surface area contributed by atoms with Gasteiger partial charge in [0.1, 0.15) is 29.3 Å². The van der Waals surface area contributed by atoms with Crippen LogP contribution < -0.4 is 4.74 Å². The molecule has 1 fully saturated rings. The van der Waals surface area contributed by atoms with Crippen molar-refractivity contribution in [3.8, 4) is 34.6 Å². The van der Waals surface area contributed by atoms with E-state index in [1.807, 2.05) is 30.3 Å². The van der Waals surface area contributed by atoms with Crippen molar-refractivity contribution in [2.75, 3.05) is 6.54 Å². The summed E-state index contributed by atoms with van der Waals surface area (Å²) in [6.45, 7) is 2.76. The smallest absolute Gasteiger partial charge is 0.298 e. The van der Waals surface area contributed by atoms with Gasteiger partial charge in [-0.3, -0.25) is 4.79 Å². The summed E-state index contributed by atoms with van der Waals surface area (Å²) >= 11 is 0. The van der Waals surface area contributed by atoms with Crippen LogP contribution in [0.2, 0.25) is 0 Å². The van der Waals surface area contributed by atoms with Gasteiger partial charge in [0.25, 0.3) is 5.91 Å². The van der Waals surface area contributed by atoms with E-state index in [4.69, 9.17) is 9.84 Å². The minimum absolute atomic E-state index is 0.0502. The Labute approximate surface area is 196 Å². The molecule has 1 amide bonds. The molecule has 7 nitrogen and oxygen atoms in total. The van der Waals surface area contributed by atoms with Crippen LogP contribution in [0.4, 0.5) is 4.39 Å². The predicted octanol–water partition coefficient (Wildman–Crippen LogP) is 4.44. The first-order valence-corrected chi connectivity index (χ1v) is 11.1. The number of benzene rings is 2. The van der Waals surface area contributed by atoms with Gasteiger partial charge in [-0.05, 0) is 50.0 Å². The Balaban J connectivity index is 1.47. The molecule has 0 spiro atoms. The van der Waals surface area contributed by atoms with Gasteiger partial charge < -0.3 is 9.64 Å². The zero-order valence-corrected chi connectivity index (χ0v) is 18.6. The third-order valence-corrected chi connectivity index (χ3v) is 5.84. The molecule has 1 atom stereocenters. The molecule has 0 saturated carbocycles. The average molecular weight is 455 g/mol. The second-order valence-electron chi connectivity index (χ2n) is 8.02. The number of amides is 1. The van der Waals surface area contributed by atoms with Crippen LogP contribution in [0.3, 0.4) is 0 Å². The summed E-state index contributed by atoms with van der Waals surface area (Å²) in [5, 5.41) is 5.34. The molecule has 2 aromatic carbocycles. The monoisotopic (exact) mass is 455 g/mol. The minimum Gasteiger partial charge on any atom is -0.457 e. The van der Waals surface area contributed by atoms with E-state index in [1.54, 1.807) is 34.8 Å². The van der Waals surface area contributed by atoms with E-state index in [1.165, 1.54) is 12.4 Å². The molecule has 0 bridgehead atoms. The summed E-state index contributed by atoms with van der Waals surface area (Å²) in [5.74, 6) is 5.67. The number of likely N-dealkylation sites (tertiary alicyclic amines) is 1. The SMILES string of the molecule is CC#CC(=O)N1CCC[C@@H]1Cn1nc(-c2ccc(Oc3ccccc3)cc2F)c2cncnc21. The fraction of sp³-hybridized carbons (Fsp3) is 0.231. The van der Waals surface area contributed by atoms with Crippen LogP contribution in [0, 0.1) is 17.7 Å². The number of para-hydroxylation sites is 1. The van der Waals surface area contributed by atoms with E-state index in [9.17, 15) is 4.79 Å². The van der Waals surface area contributed by atoms with E-state index in [0.717, 1.165) is 12.8 Å². The zero-order valence-electron chi connectivity index (χ0n) is 18.6. The highest BCUT2D eigenvalue weighted by Gasteiger charge is 2.29. The molecule has 170 valence electrons. The van der Waals surface area contributed by atoms with Gasteiger partial charge in [0.05, 0.1) is 18.0 Å². The Kier molecular flexibility index (Phi) is 5.91. The molecule has 1 aliphatic heterocycles. The molecule has 34 heavy (non-hydrogen) atoms. The molecule has 1 saturated heterocycles. The van der Waals surface area contributed by atoms with E-state index in [-0.39, 0.29) is 11.9 Å². The molecular weight excluding hydrogens is 433 g/mol. The first-order valence-electron chi connectivity index (χ1n) is 11.1. The molecule has 5 rings (SSSR count). The lowest BCUT2D eigenvalue weighted by Gasteiger charge is -2.22. The summed E-state index contributed by atoms with van der Waals surface area (Å²) in [6.07, 6.45) is 4.83. The van der Waals surface area contributed by atoms with Crippen LogP contribution in [0.15, 0.2) is 61.1 Å². The number of nitrogens with zero attached hydrogens (tertiary/aromatic N) is 5. The lowest BCUT2D eigenvalue weighted by molar-refractivity contribution is -0.126. The normalized spacial score (nSPS) is 15.2. The fourth-order valence-electron chi connectivity index (χ4n) is 4.29. The summed E-state index contributed by atoms with van der Waals surface area (Å²) in [5.41, 5.74) is 1.37. The fourth-order valence-corrected chi connectivity index (χ4v) is 4.29. The van der Waals surface area contributed by atoms with Crippen molar-refractivity contribution in [1.29, 1.82) is 0 Å². The second kappa shape index (κ2) is 9.32. The Morgan fingerprint density at radius 2 is 2.06 bits per heavy atom. The number of carbonyl (C=O) groups is 1. The molecule has 1 aliphatic rings. The van der Waals surface area contributed by atoms with Gasteiger partial charge in [0.2, 0.25) is 0 Å². The lowest BCUT2D eigenvalue weighted by atomic mass is 10.1. The third-order valence-electron chi connectivity index (χ3n) is 5.84. The molecule has 2 aromatic heterocycles. The molecular formula is C26H22FN5O2. The maximum atomic E-state index is 15.2. The largest absolute Gasteiger partial charge is 0.457 e. The van der Waals surface area contributed by atoms with Crippen LogP contribution >= 0.6 is 0 Å². The van der Waals surface area contributed by atoms with E-state index in [2.05, 4.69) is 21.8 Å². The van der Waals surface area contributed by atoms with Crippen molar-refractivity contribution in [2.24, 2.45) is 0 Å². The maximum Gasteiger partial charge on any atom is 0.298 e. The van der Waals surface area contributed by atoms with Crippen LogP contribution in [0.1, 0.15) is 19.8 Å². The number of ether oxygens (including phenoxy) is 1. The van der Waals surface area contributed by atoms with Crippen LogP contribution in [0.5, 0.6) is 11.5 Å². The quantitative estimate of drug-likeness (QED) is 0.416. The van der Waals surface area contributed by atoms with Gasteiger partial charge in [-0.2, -0.15) is 5.10 Å². The van der Waals surface area contributed by atoms with Crippen molar-refractivity contribution >= 4 is 16.9 Å². The number of carbonyl (C=O) groups excluding carboxylic acids is 1. The molecule has 0 N–H and O–H groups in total. The maximum absolute atomic E-state index is 15.2. The summed E-state index contributed by atoms with van der Waals surface area (Å²) in [4.78, 5) is 22.7. The highest BCUT2D eigenvalue weighted by atomic mass is 19.1. The van der Waals surface area contributed by atoms with E-state index < -0.39 is 5.82 Å². The van der Waals surface area contributed by atoms with E-state index in [0.29, 0.717) is 46.9 Å². The number of halogens is 1. The summed E-state index contributed by atoms with van der Waals surface area (Å²) in [6, 6.07) is 13.9. The lowest BCUT2D eigenvalue weighted by Crippen LogP contribution is -2.37. The first-order chi connectivity index (χ1) is 16.6. The van der Waals surface area contributed by atoms with Crippen molar-refractivity contribution in [2.45, 2.75) is 32.4 Å². The Morgan fingerprint density at radius 3 is 2.85 bits per heavy atom. The minimum atomic E-state index is -0.459.